The molecule has 1 fully saturated rings. The Hall–Kier alpha value is -1.55. The number of rotatable bonds is 3. The summed E-state index contributed by atoms with van der Waals surface area (Å²) in [6.45, 7) is 0. The number of nitrogen functional groups attached to an aromatic ring is 1. The number of hydrogen-bond donors (Lipinski definition) is 2. The van der Waals surface area contributed by atoms with Crippen molar-refractivity contribution in [2.24, 2.45) is 5.73 Å². The van der Waals surface area contributed by atoms with Crippen LogP contribution in [0.4, 0.5) is 0 Å². The highest BCUT2D eigenvalue weighted by molar-refractivity contribution is 7.99. The van der Waals surface area contributed by atoms with E-state index in [1.54, 1.807) is 0 Å². The zero-order chi connectivity index (χ0) is 13.2. The van der Waals surface area contributed by atoms with Gasteiger partial charge in [0.05, 0.1) is 10.5 Å². The number of para-hydroxylation sites is 1. The predicted molar refractivity (Wildman–Crippen MR) is 80.9 cm³/mol. The van der Waals surface area contributed by atoms with Gasteiger partial charge in [0.15, 0.2) is 0 Å². The molecule has 1 aliphatic carbocycles. The van der Waals surface area contributed by atoms with E-state index in [1.807, 2.05) is 42.1 Å². The molecule has 1 aliphatic rings. The molecule has 3 N–H and O–H groups in total. The van der Waals surface area contributed by atoms with Crippen molar-refractivity contribution < 1.29 is 0 Å². The average Bonchev–Trinajstić information content (AvgIpc) is 2.90. The van der Waals surface area contributed by atoms with E-state index in [9.17, 15) is 0 Å². The average molecular weight is 271 g/mol. The van der Waals surface area contributed by atoms with E-state index in [0.29, 0.717) is 5.25 Å². The maximum Gasteiger partial charge on any atom is 0.123 e. The molecular formula is C15H17N3S. The maximum atomic E-state index is 7.74. The van der Waals surface area contributed by atoms with Gasteiger partial charge >= 0.3 is 0 Å². The van der Waals surface area contributed by atoms with Crippen molar-refractivity contribution in [3.8, 4) is 0 Å². The van der Waals surface area contributed by atoms with Gasteiger partial charge < -0.3 is 5.73 Å². The number of nitrogens with two attached hydrogens (primary N) is 1. The summed E-state index contributed by atoms with van der Waals surface area (Å²) in [5.74, 6) is 0.117. The Morgan fingerprint density at radius 2 is 2.00 bits per heavy atom. The molecule has 4 heteroatoms. The molecule has 0 saturated heterocycles. The van der Waals surface area contributed by atoms with Gasteiger partial charge in [0, 0.05) is 16.2 Å². The summed E-state index contributed by atoms with van der Waals surface area (Å²) in [6, 6.07) is 9.86. The van der Waals surface area contributed by atoms with Crippen molar-refractivity contribution in [2.75, 3.05) is 0 Å². The van der Waals surface area contributed by atoms with Crippen molar-refractivity contribution in [1.29, 1.82) is 5.41 Å². The van der Waals surface area contributed by atoms with Crippen LogP contribution < -0.4 is 5.73 Å². The van der Waals surface area contributed by atoms with Gasteiger partial charge in [-0.2, -0.15) is 0 Å². The highest BCUT2D eigenvalue weighted by atomic mass is 32.2. The second-order valence-electron chi connectivity index (χ2n) is 4.96. The second-order valence-corrected chi connectivity index (χ2v) is 6.28. The Morgan fingerprint density at radius 3 is 2.74 bits per heavy atom. The SMILES string of the molecule is N=C(N)c1cc(SC2CCCC2)nc2ccccc12. The van der Waals surface area contributed by atoms with Crippen LogP contribution in [0.2, 0.25) is 0 Å². The van der Waals surface area contributed by atoms with Gasteiger partial charge in [-0.15, -0.1) is 11.8 Å². The third-order valence-corrected chi connectivity index (χ3v) is 4.83. The van der Waals surface area contributed by atoms with Gasteiger partial charge in [-0.25, -0.2) is 4.98 Å². The van der Waals surface area contributed by atoms with E-state index in [2.05, 4.69) is 0 Å². The zero-order valence-corrected chi connectivity index (χ0v) is 11.5. The van der Waals surface area contributed by atoms with Gasteiger partial charge in [0.2, 0.25) is 0 Å². The van der Waals surface area contributed by atoms with Gasteiger partial charge in [-0.3, -0.25) is 5.41 Å². The lowest BCUT2D eigenvalue weighted by Gasteiger charge is -2.11. The van der Waals surface area contributed by atoms with Crippen LogP contribution in [-0.2, 0) is 0 Å². The Labute approximate surface area is 117 Å². The minimum Gasteiger partial charge on any atom is -0.384 e. The molecule has 0 radical (unpaired) electrons. The molecule has 3 rings (SSSR count). The first kappa shape index (κ1) is 12.5. The molecule has 1 saturated carbocycles. The fourth-order valence-electron chi connectivity index (χ4n) is 2.61. The summed E-state index contributed by atoms with van der Waals surface area (Å²) in [5, 5.41) is 10.4. The molecule has 0 aliphatic heterocycles. The Bertz CT molecular complexity index is 618. The topological polar surface area (TPSA) is 62.8 Å². The standard InChI is InChI=1S/C15H17N3S/c16-15(17)12-9-14(19-10-5-1-2-6-10)18-13-8-4-3-7-11(12)13/h3-4,7-10H,1-2,5-6H2,(H3,16,17). The largest absolute Gasteiger partial charge is 0.384 e. The molecule has 2 aromatic rings. The van der Waals surface area contributed by atoms with E-state index in [0.717, 1.165) is 21.5 Å². The Kier molecular flexibility index (Phi) is 3.42. The van der Waals surface area contributed by atoms with Crippen molar-refractivity contribution in [3.63, 3.8) is 0 Å². The van der Waals surface area contributed by atoms with E-state index < -0.39 is 0 Å². The molecule has 1 aromatic carbocycles. The smallest absolute Gasteiger partial charge is 0.123 e. The third-order valence-electron chi connectivity index (χ3n) is 3.57. The van der Waals surface area contributed by atoms with Gasteiger partial charge in [-0.1, -0.05) is 31.0 Å². The first-order valence-corrected chi connectivity index (χ1v) is 7.53. The number of fused-ring (bicyclic) bond motifs is 1. The molecule has 98 valence electrons. The van der Waals surface area contributed by atoms with Crippen molar-refractivity contribution in [3.05, 3.63) is 35.9 Å². The van der Waals surface area contributed by atoms with Crippen LogP contribution in [0.3, 0.4) is 0 Å². The van der Waals surface area contributed by atoms with Gasteiger partial charge in [0.25, 0.3) is 0 Å². The molecule has 19 heavy (non-hydrogen) atoms. The maximum absolute atomic E-state index is 7.74. The third kappa shape index (κ3) is 2.59. The summed E-state index contributed by atoms with van der Waals surface area (Å²) in [4.78, 5) is 4.69. The normalized spacial score (nSPS) is 16.0. The van der Waals surface area contributed by atoms with E-state index in [-0.39, 0.29) is 5.84 Å². The second kappa shape index (κ2) is 5.21. The highest BCUT2D eigenvalue weighted by Crippen LogP contribution is 2.35. The molecule has 0 atom stereocenters. The Morgan fingerprint density at radius 1 is 1.26 bits per heavy atom. The lowest BCUT2D eigenvalue weighted by atomic mass is 10.1. The number of nitrogens with one attached hydrogen (secondary N) is 1. The van der Waals surface area contributed by atoms with Crippen molar-refractivity contribution >= 4 is 28.5 Å². The molecule has 1 heterocycles. The molecular weight excluding hydrogens is 254 g/mol. The molecule has 0 spiro atoms. The summed E-state index contributed by atoms with van der Waals surface area (Å²) in [7, 11) is 0. The lowest BCUT2D eigenvalue weighted by Crippen LogP contribution is -2.12. The van der Waals surface area contributed by atoms with Crippen LogP contribution in [0.1, 0.15) is 31.2 Å². The van der Waals surface area contributed by atoms with Gasteiger partial charge in [0.1, 0.15) is 5.84 Å². The van der Waals surface area contributed by atoms with Crippen LogP contribution in [0.5, 0.6) is 0 Å². The molecule has 0 unspecified atom stereocenters. The lowest BCUT2D eigenvalue weighted by molar-refractivity contribution is 0.886. The summed E-state index contributed by atoms with van der Waals surface area (Å²) in [6.07, 6.45) is 5.19. The number of aromatic nitrogens is 1. The summed E-state index contributed by atoms with van der Waals surface area (Å²) in [5.41, 5.74) is 7.43. The van der Waals surface area contributed by atoms with E-state index >= 15 is 0 Å². The minimum absolute atomic E-state index is 0.117. The fraction of sp³-hybridized carbons (Fsp3) is 0.333. The summed E-state index contributed by atoms with van der Waals surface area (Å²) >= 11 is 1.83. The van der Waals surface area contributed by atoms with E-state index in [1.165, 1.54) is 25.7 Å². The van der Waals surface area contributed by atoms with Crippen LogP contribution in [-0.4, -0.2) is 16.1 Å². The quantitative estimate of drug-likeness (QED) is 0.663. The number of amidine groups is 1. The number of pyridine rings is 1. The fourth-order valence-corrected chi connectivity index (χ4v) is 3.86. The van der Waals surface area contributed by atoms with Gasteiger partial charge in [-0.05, 0) is 25.0 Å². The molecule has 0 amide bonds. The Balaban J connectivity index is 2.02. The van der Waals surface area contributed by atoms with Crippen LogP contribution >= 0.6 is 11.8 Å². The number of benzene rings is 1. The highest BCUT2D eigenvalue weighted by Gasteiger charge is 2.18. The van der Waals surface area contributed by atoms with E-state index in [4.69, 9.17) is 16.1 Å². The van der Waals surface area contributed by atoms with Crippen molar-refractivity contribution in [2.45, 2.75) is 36.0 Å². The predicted octanol–water partition coefficient (Wildman–Crippen LogP) is 3.55. The first-order valence-electron chi connectivity index (χ1n) is 6.65. The summed E-state index contributed by atoms with van der Waals surface area (Å²) < 4.78 is 0. The van der Waals surface area contributed by atoms with Crippen molar-refractivity contribution in [1.82, 2.24) is 4.98 Å². The van der Waals surface area contributed by atoms with Crippen LogP contribution in [0, 0.1) is 5.41 Å². The number of hydrogen-bond acceptors (Lipinski definition) is 3. The number of nitrogens with zero attached hydrogens (tertiary/aromatic N) is 1. The van der Waals surface area contributed by atoms with Crippen LogP contribution in [0.15, 0.2) is 35.4 Å². The minimum atomic E-state index is 0.117. The molecule has 0 bridgehead atoms. The van der Waals surface area contributed by atoms with Crippen LogP contribution in [0.25, 0.3) is 10.9 Å². The molecule has 3 nitrogen and oxygen atoms in total. The first-order chi connectivity index (χ1) is 9.24. The number of thioether (sulfide) groups is 1. The monoisotopic (exact) mass is 271 g/mol. The zero-order valence-electron chi connectivity index (χ0n) is 10.7. The molecule has 1 aromatic heterocycles.